The summed E-state index contributed by atoms with van der Waals surface area (Å²) in [5.74, 6) is 2.25. The molecule has 0 unspecified atom stereocenters. The maximum Gasteiger partial charge on any atom is 0.0841 e. The molecule has 0 rings (SSSR count). The van der Waals surface area contributed by atoms with E-state index in [-0.39, 0.29) is 6.61 Å². The molecule has 0 atom stereocenters. The fourth-order valence-electron chi connectivity index (χ4n) is 0.683. The van der Waals surface area contributed by atoms with E-state index in [1.54, 1.807) is 0 Å². The third-order valence-corrected chi connectivity index (χ3v) is 3.76. The molecule has 1 nitrogen and oxygen atoms in total. The van der Waals surface area contributed by atoms with Gasteiger partial charge in [-0.2, -0.15) is 0 Å². The maximum absolute atomic E-state index is 10.3. The summed E-state index contributed by atoms with van der Waals surface area (Å²) in [6.07, 6.45) is 0.816. The van der Waals surface area contributed by atoms with Crippen molar-refractivity contribution in [1.29, 1.82) is 0 Å². The highest BCUT2D eigenvalue weighted by molar-refractivity contribution is 8.16. The Morgan fingerprint density at radius 1 is 1.20 bits per heavy atom. The third kappa shape index (κ3) is 5.45. The molecular weight excluding hydrogens is 164 g/mol. The molecule has 3 heteroatoms. The molecule has 0 aromatic rings. The van der Waals surface area contributed by atoms with E-state index in [1.165, 1.54) is 0 Å². The second kappa shape index (κ2) is 7.76. The van der Waals surface area contributed by atoms with Gasteiger partial charge in [-0.3, -0.25) is 0 Å². The summed E-state index contributed by atoms with van der Waals surface area (Å²) in [7, 11) is 0. The van der Waals surface area contributed by atoms with Gasteiger partial charge in [-0.05, 0) is 17.9 Å². The van der Waals surface area contributed by atoms with Crippen LogP contribution in [0.4, 0.5) is 0 Å². The first-order valence-corrected chi connectivity index (χ1v) is 5.76. The summed E-state index contributed by atoms with van der Waals surface area (Å²) in [5.41, 5.74) is 0. The van der Waals surface area contributed by atoms with Gasteiger partial charge >= 0.3 is 0 Å². The number of rotatable bonds is 6. The Morgan fingerprint density at radius 3 is 2.00 bits per heavy atom. The number of hydrogen-bond acceptors (Lipinski definition) is 2. The second-order valence-electron chi connectivity index (χ2n) is 1.83. The van der Waals surface area contributed by atoms with E-state index in [9.17, 15) is 5.11 Å². The summed E-state index contributed by atoms with van der Waals surface area (Å²) in [6.45, 7) is 4.35. The summed E-state index contributed by atoms with van der Waals surface area (Å²) in [4.78, 5) is 0. The van der Waals surface area contributed by atoms with Crippen LogP contribution in [-0.4, -0.2) is 22.7 Å². The first-order chi connectivity index (χ1) is 4.85. The predicted octanol–water partition coefficient (Wildman–Crippen LogP) is 2.64. The highest BCUT2D eigenvalue weighted by Gasteiger charge is 2.05. The van der Waals surface area contributed by atoms with Crippen LogP contribution in [0.1, 0.15) is 20.3 Å². The molecule has 0 saturated heterocycles. The van der Waals surface area contributed by atoms with Crippen LogP contribution in [0, 0.1) is 0 Å². The second-order valence-corrected chi connectivity index (χ2v) is 5.09. The maximum atomic E-state index is 10.3. The zero-order valence-corrected chi connectivity index (χ0v) is 8.26. The van der Waals surface area contributed by atoms with Crippen molar-refractivity contribution in [3.05, 3.63) is 0 Å². The van der Waals surface area contributed by atoms with Crippen LogP contribution in [0.5, 0.6) is 0 Å². The lowest BCUT2D eigenvalue weighted by molar-refractivity contribution is 0.193. The lowest BCUT2D eigenvalue weighted by Gasteiger charge is -2.11. The summed E-state index contributed by atoms with van der Waals surface area (Å²) >= 11 is 3.78. The molecule has 0 saturated carbocycles. The van der Waals surface area contributed by atoms with Crippen molar-refractivity contribution in [2.75, 3.05) is 18.1 Å². The van der Waals surface area contributed by atoms with Gasteiger partial charge in [0.1, 0.15) is 0 Å². The van der Waals surface area contributed by atoms with Crippen molar-refractivity contribution in [3.8, 4) is 0 Å². The van der Waals surface area contributed by atoms with Crippen molar-refractivity contribution >= 4 is 23.5 Å². The lowest BCUT2D eigenvalue weighted by atomic mass is 10.5. The molecule has 0 aromatic heterocycles. The van der Waals surface area contributed by atoms with Gasteiger partial charge in [0.15, 0.2) is 0 Å². The summed E-state index contributed by atoms with van der Waals surface area (Å²) in [6, 6.07) is 0. The van der Waals surface area contributed by atoms with Gasteiger partial charge in [-0.25, -0.2) is 5.11 Å². The average molecular weight is 179 g/mol. The minimum absolute atomic E-state index is 0.0741. The smallest absolute Gasteiger partial charge is 0.0841 e. The normalized spacial score (nSPS) is 10.8. The SMILES string of the molecule is CCSC(CC[O])SCC. The zero-order valence-electron chi connectivity index (χ0n) is 6.63. The molecule has 0 aliphatic rings. The Balaban J connectivity index is 3.30. The van der Waals surface area contributed by atoms with Gasteiger partial charge in [0.2, 0.25) is 0 Å². The molecule has 0 fully saturated rings. The van der Waals surface area contributed by atoms with Crippen LogP contribution in [0.15, 0.2) is 0 Å². The van der Waals surface area contributed by atoms with E-state index in [0.29, 0.717) is 4.58 Å². The van der Waals surface area contributed by atoms with E-state index in [1.807, 2.05) is 23.5 Å². The quantitative estimate of drug-likeness (QED) is 0.584. The Morgan fingerprint density at radius 2 is 1.70 bits per heavy atom. The molecule has 0 bridgehead atoms. The molecular formula is C7H15OS2. The van der Waals surface area contributed by atoms with Gasteiger partial charge in [0, 0.05) is 0 Å². The van der Waals surface area contributed by atoms with Crippen LogP contribution in [-0.2, 0) is 5.11 Å². The minimum atomic E-state index is 0.0741. The molecule has 0 aliphatic heterocycles. The topological polar surface area (TPSA) is 19.9 Å². The predicted molar refractivity (Wildman–Crippen MR) is 50.2 cm³/mol. The van der Waals surface area contributed by atoms with Gasteiger partial charge in [-0.1, -0.05) is 13.8 Å². The highest BCUT2D eigenvalue weighted by atomic mass is 32.2. The van der Waals surface area contributed by atoms with E-state index < -0.39 is 0 Å². The fourth-order valence-corrected chi connectivity index (χ4v) is 3.15. The van der Waals surface area contributed by atoms with Crippen molar-refractivity contribution in [3.63, 3.8) is 0 Å². The third-order valence-electron chi connectivity index (χ3n) is 1.06. The Hall–Kier alpha value is 0.660. The molecule has 0 N–H and O–H groups in total. The largest absolute Gasteiger partial charge is 0.237 e. The molecule has 1 radical (unpaired) electrons. The Kier molecular flexibility index (Phi) is 8.28. The molecule has 0 aromatic carbocycles. The average Bonchev–Trinajstić information content (AvgIpc) is 1.90. The molecule has 61 valence electrons. The molecule has 10 heavy (non-hydrogen) atoms. The first-order valence-electron chi connectivity index (χ1n) is 3.66. The number of hydrogen-bond donors (Lipinski definition) is 0. The van der Waals surface area contributed by atoms with Crippen LogP contribution in [0.2, 0.25) is 0 Å². The van der Waals surface area contributed by atoms with Crippen molar-refractivity contribution < 1.29 is 5.11 Å². The van der Waals surface area contributed by atoms with E-state index >= 15 is 0 Å². The van der Waals surface area contributed by atoms with Gasteiger partial charge in [-0.15, -0.1) is 23.5 Å². The van der Waals surface area contributed by atoms with Crippen LogP contribution < -0.4 is 0 Å². The zero-order chi connectivity index (χ0) is 7.82. The van der Waals surface area contributed by atoms with Gasteiger partial charge in [0.25, 0.3) is 0 Å². The minimum Gasteiger partial charge on any atom is -0.237 e. The van der Waals surface area contributed by atoms with Crippen molar-refractivity contribution in [1.82, 2.24) is 0 Å². The van der Waals surface area contributed by atoms with Gasteiger partial charge < -0.3 is 0 Å². The Labute approximate surface area is 72.0 Å². The lowest BCUT2D eigenvalue weighted by Crippen LogP contribution is -2.00. The monoisotopic (exact) mass is 179 g/mol. The summed E-state index contributed by atoms with van der Waals surface area (Å²) < 4.78 is 0.549. The van der Waals surface area contributed by atoms with E-state index in [4.69, 9.17) is 0 Å². The van der Waals surface area contributed by atoms with E-state index in [2.05, 4.69) is 13.8 Å². The van der Waals surface area contributed by atoms with Crippen LogP contribution >= 0.6 is 23.5 Å². The molecule has 0 amide bonds. The number of thioether (sulfide) groups is 2. The van der Waals surface area contributed by atoms with Crippen LogP contribution in [0.3, 0.4) is 0 Å². The van der Waals surface area contributed by atoms with E-state index in [0.717, 1.165) is 17.9 Å². The summed E-state index contributed by atoms with van der Waals surface area (Å²) in [5, 5.41) is 10.3. The van der Waals surface area contributed by atoms with Crippen LogP contribution in [0.25, 0.3) is 0 Å². The molecule has 0 heterocycles. The van der Waals surface area contributed by atoms with Crippen molar-refractivity contribution in [2.24, 2.45) is 0 Å². The standard InChI is InChI=1S/C7H15OS2/c1-3-9-7(5-6-8)10-4-2/h7H,3-6H2,1-2H3. The molecule has 0 spiro atoms. The first kappa shape index (κ1) is 10.7. The Bertz CT molecular complexity index is 54.4. The van der Waals surface area contributed by atoms with Crippen molar-refractivity contribution in [2.45, 2.75) is 24.9 Å². The fraction of sp³-hybridized carbons (Fsp3) is 1.00. The molecule has 0 aliphatic carbocycles. The highest BCUT2D eigenvalue weighted by Crippen LogP contribution is 2.25. The van der Waals surface area contributed by atoms with Gasteiger partial charge in [0.05, 0.1) is 11.2 Å².